The molecule has 7 heteroatoms. The van der Waals surface area contributed by atoms with E-state index in [1.165, 1.54) is 12.3 Å². The zero-order valence-corrected chi connectivity index (χ0v) is 14.6. The predicted octanol–water partition coefficient (Wildman–Crippen LogP) is 1.74. The van der Waals surface area contributed by atoms with Crippen LogP contribution in [-0.4, -0.2) is 47.8 Å². The number of pyridine rings is 1. The fraction of sp³-hybridized carbons (Fsp3) is 0.263. The molecule has 0 saturated heterocycles. The molecule has 1 aromatic carbocycles. The topological polar surface area (TPSA) is 86.7 Å². The van der Waals surface area contributed by atoms with Gasteiger partial charge in [0.25, 0.3) is 0 Å². The number of ether oxygens (including phenoxy) is 1. The summed E-state index contributed by atoms with van der Waals surface area (Å²) in [6.07, 6.45) is 3.48. The minimum absolute atomic E-state index is 0.231. The lowest BCUT2D eigenvalue weighted by atomic mass is 10.2. The summed E-state index contributed by atoms with van der Waals surface area (Å²) in [5.74, 6) is -0.0703. The normalized spacial score (nSPS) is 13.3. The van der Waals surface area contributed by atoms with Crippen molar-refractivity contribution in [3.63, 3.8) is 0 Å². The van der Waals surface area contributed by atoms with Crippen molar-refractivity contribution in [1.29, 1.82) is 0 Å². The van der Waals surface area contributed by atoms with Crippen LogP contribution in [0, 0.1) is 0 Å². The molecule has 2 aromatic rings. The van der Waals surface area contributed by atoms with Gasteiger partial charge in [-0.1, -0.05) is 18.2 Å². The third kappa shape index (κ3) is 4.31. The van der Waals surface area contributed by atoms with Crippen LogP contribution in [0.5, 0.6) is 5.75 Å². The average Bonchev–Trinajstić information content (AvgIpc) is 3.14. The number of carboxylic acid groups (broad SMARTS) is 1. The molecule has 0 saturated carbocycles. The van der Waals surface area contributed by atoms with Crippen molar-refractivity contribution in [2.45, 2.75) is 6.54 Å². The first-order valence-corrected chi connectivity index (χ1v) is 8.39. The zero-order chi connectivity index (χ0) is 18.4. The van der Waals surface area contributed by atoms with Crippen molar-refractivity contribution >= 4 is 11.7 Å². The third-order valence-corrected chi connectivity index (χ3v) is 4.15. The number of hydrogen-bond acceptors (Lipinski definition) is 6. The minimum atomic E-state index is -0.954. The second-order valence-corrected chi connectivity index (χ2v) is 5.91. The molecule has 0 spiro atoms. The number of aromatic nitrogens is 1. The van der Waals surface area contributed by atoms with Crippen molar-refractivity contribution in [2.75, 3.05) is 26.9 Å². The molecular weight excluding hydrogens is 332 g/mol. The molecule has 3 N–H and O–H groups in total. The smallest absolute Gasteiger partial charge is 0.335 e. The Morgan fingerprint density at radius 2 is 2.23 bits per heavy atom. The van der Waals surface area contributed by atoms with Crippen molar-refractivity contribution < 1.29 is 14.6 Å². The Hall–Kier alpha value is -3.06. The maximum absolute atomic E-state index is 11.1. The lowest BCUT2D eigenvalue weighted by Gasteiger charge is -2.15. The van der Waals surface area contributed by atoms with Gasteiger partial charge in [-0.2, -0.15) is 0 Å². The van der Waals surface area contributed by atoms with Crippen LogP contribution in [0.15, 0.2) is 48.8 Å². The van der Waals surface area contributed by atoms with E-state index in [1.54, 1.807) is 13.2 Å². The quantitative estimate of drug-likeness (QED) is 0.623. The van der Waals surface area contributed by atoms with Crippen molar-refractivity contribution in [3.8, 4) is 5.75 Å². The molecule has 0 amide bonds. The van der Waals surface area contributed by atoms with Gasteiger partial charge in [0.1, 0.15) is 5.75 Å². The summed E-state index contributed by atoms with van der Waals surface area (Å²) >= 11 is 0. The second-order valence-electron chi connectivity index (χ2n) is 5.91. The minimum Gasteiger partial charge on any atom is -0.496 e. The first-order chi connectivity index (χ1) is 12.7. The van der Waals surface area contributed by atoms with E-state index in [4.69, 9.17) is 9.84 Å². The van der Waals surface area contributed by atoms with Gasteiger partial charge < -0.3 is 25.4 Å². The van der Waals surface area contributed by atoms with Crippen LogP contribution in [-0.2, 0) is 6.54 Å². The average molecular weight is 354 g/mol. The molecule has 0 radical (unpaired) electrons. The van der Waals surface area contributed by atoms with Gasteiger partial charge >= 0.3 is 5.97 Å². The zero-order valence-electron chi connectivity index (χ0n) is 14.6. The molecule has 1 aliphatic heterocycles. The van der Waals surface area contributed by atoms with Gasteiger partial charge in [0.05, 0.1) is 30.7 Å². The van der Waals surface area contributed by atoms with E-state index in [1.807, 2.05) is 30.5 Å². The van der Waals surface area contributed by atoms with Gasteiger partial charge in [-0.15, -0.1) is 0 Å². The van der Waals surface area contributed by atoms with E-state index >= 15 is 0 Å². The number of carboxylic acids is 1. The van der Waals surface area contributed by atoms with Gasteiger partial charge in [0.15, 0.2) is 0 Å². The molecular formula is C19H22N4O3. The van der Waals surface area contributed by atoms with Gasteiger partial charge in [-0.05, 0) is 18.2 Å². The molecule has 2 heterocycles. The third-order valence-electron chi connectivity index (χ3n) is 4.15. The van der Waals surface area contributed by atoms with Crippen LogP contribution >= 0.6 is 0 Å². The molecule has 1 aliphatic rings. The lowest BCUT2D eigenvalue weighted by Crippen LogP contribution is -2.29. The molecule has 1 aromatic heterocycles. The first-order valence-electron chi connectivity index (χ1n) is 8.39. The van der Waals surface area contributed by atoms with Crippen molar-refractivity contribution in [1.82, 2.24) is 20.5 Å². The number of aromatic carboxylic acids is 1. The van der Waals surface area contributed by atoms with Gasteiger partial charge in [0, 0.05) is 37.6 Å². The Kier molecular flexibility index (Phi) is 5.70. The number of rotatable bonds is 8. The van der Waals surface area contributed by atoms with Crippen molar-refractivity contribution in [2.24, 2.45) is 0 Å². The summed E-state index contributed by atoms with van der Waals surface area (Å²) in [4.78, 5) is 17.4. The largest absolute Gasteiger partial charge is 0.496 e. The second kappa shape index (κ2) is 8.35. The predicted molar refractivity (Wildman–Crippen MR) is 98.6 cm³/mol. The standard InChI is InChI=1S/C19H22N4O3/c1-26-18-5-3-2-4-15(18)11-20-8-9-23-12-17(22-13-23)16-10-14(19(24)25)6-7-21-16/h2-7,10,12,20,22H,8-9,11,13H2,1H3,(H,24,25). The van der Waals surface area contributed by atoms with E-state index in [2.05, 4.69) is 20.5 Å². The highest BCUT2D eigenvalue weighted by Crippen LogP contribution is 2.17. The molecule has 3 rings (SSSR count). The van der Waals surface area contributed by atoms with E-state index < -0.39 is 5.97 Å². The van der Waals surface area contributed by atoms with E-state index in [-0.39, 0.29) is 5.56 Å². The summed E-state index contributed by atoms with van der Waals surface area (Å²) in [6.45, 7) is 3.05. The number of methoxy groups -OCH3 is 1. The number of carbonyl (C=O) groups is 1. The number of benzene rings is 1. The number of hydrogen-bond donors (Lipinski definition) is 3. The maximum atomic E-state index is 11.1. The highest BCUT2D eigenvalue weighted by Gasteiger charge is 2.15. The molecule has 7 nitrogen and oxygen atoms in total. The van der Waals surface area contributed by atoms with E-state index in [0.29, 0.717) is 12.4 Å². The number of para-hydroxylation sites is 1. The Morgan fingerprint density at radius 3 is 3.04 bits per heavy atom. The van der Waals surface area contributed by atoms with Gasteiger partial charge in [0.2, 0.25) is 0 Å². The summed E-state index contributed by atoms with van der Waals surface area (Å²) in [7, 11) is 1.68. The summed E-state index contributed by atoms with van der Waals surface area (Å²) in [5, 5.41) is 15.7. The summed E-state index contributed by atoms with van der Waals surface area (Å²) < 4.78 is 5.35. The van der Waals surface area contributed by atoms with E-state index in [9.17, 15) is 4.79 Å². The SMILES string of the molecule is COc1ccccc1CNCCN1C=C(c2cc(C(=O)O)ccn2)NC1. The Bertz CT molecular complexity index is 807. The van der Waals surface area contributed by atoms with Gasteiger partial charge in [-0.3, -0.25) is 4.98 Å². The van der Waals surface area contributed by atoms with Crippen LogP contribution in [0.4, 0.5) is 0 Å². The maximum Gasteiger partial charge on any atom is 0.335 e. The lowest BCUT2D eigenvalue weighted by molar-refractivity contribution is 0.0696. The Morgan fingerprint density at radius 1 is 1.38 bits per heavy atom. The number of nitrogens with one attached hydrogen (secondary N) is 2. The van der Waals surface area contributed by atoms with Crippen LogP contribution in [0.3, 0.4) is 0 Å². The first kappa shape index (κ1) is 17.8. The number of nitrogens with zero attached hydrogens (tertiary/aromatic N) is 2. The molecule has 136 valence electrons. The Labute approximate surface area is 152 Å². The van der Waals surface area contributed by atoms with Crippen LogP contribution < -0.4 is 15.4 Å². The molecule has 0 atom stereocenters. The molecule has 0 unspecified atom stereocenters. The van der Waals surface area contributed by atoms with Crippen molar-refractivity contribution in [3.05, 3.63) is 65.6 Å². The monoisotopic (exact) mass is 354 g/mol. The summed E-state index contributed by atoms with van der Waals surface area (Å²) in [5.41, 5.74) is 2.82. The summed E-state index contributed by atoms with van der Waals surface area (Å²) in [6, 6.07) is 11.0. The van der Waals surface area contributed by atoms with Gasteiger partial charge in [-0.25, -0.2) is 4.79 Å². The fourth-order valence-corrected chi connectivity index (χ4v) is 2.77. The van der Waals surface area contributed by atoms with Crippen LogP contribution in [0.25, 0.3) is 5.70 Å². The Balaban J connectivity index is 1.51. The fourth-order valence-electron chi connectivity index (χ4n) is 2.77. The van der Waals surface area contributed by atoms with Crippen LogP contribution in [0.1, 0.15) is 21.6 Å². The molecule has 0 fully saturated rings. The van der Waals surface area contributed by atoms with Crippen LogP contribution in [0.2, 0.25) is 0 Å². The highest BCUT2D eigenvalue weighted by atomic mass is 16.5. The molecule has 26 heavy (non-hydrogen) atoms. The van der Waals surface area contributed by atoms with E-state index in [0.717, 1.165) is 36.6 Å². The highest BCUT2D eigenvalue weighted by molar-refractivity contribution is 5.88. The molecule has 0 bridgehead atoms. The molecule has 0 aliphatic carbocycles.